The second-order valence-electron chi connectivity index (χ2n) is 0.968. The lowest BCUT2D eigenvalue weighted by atomic mass is 10.8. The van der Waals surface area contributed by atoms with E-state index in [-0.39, 0.29) is 0 Å². The molecule has 0 bridgehead atoms. The second kappa shape index (κ2) is 5.91. The summed E-state index contributed by atoms with van der Waals surface area (Å²) in [6, 6.07) is 0. The van der Waals surface area contributed by atoms with Gasteiger partial charge in [0.2, 0.25) is 0 Å². The van der Waals surface area contributed by atoms with Crippen molar-refractivity contribution in [3.05, 3.63) is 12.7 Å². The molecule has 0 rings (SSSR count). The Kier molecular flexibility index (Phi) is 7.59. The van der Waals surface area contributed by atoms with E-state index in [1.165, 1.54) is 0 Å². The fraction of sp³-hybridized carbons (Fsp3) is 0.333. The highest BCUT2D eigenvalue weighted by Crippen LogP contribution is 2.35. The highest BCUT2D eigenvalue weighted by Gasteiger charge is 2.12. The molecule has 0 spiro atoms. The molecule has 9 heavy (non-hydrogen) atoms. The summed E-state index contributed by atoms with van der Waals surface area (Å²) in [7, 11) is -4.81. The van der Waals surface area contributed by atoms with Gasteiger partial charge in [-0.2, -0.15) is 0 Å². The van der Waals surface area contributed by atoms with Crippen LogP contribution in [0, 0.1) is 0 Å². The summed E-state index contributed by atoms with van der Waals surface area (Å²) in [6.07, 6.45) is 1.75. The number of hydrogen-bond acceptors (Lipinski definition) is 2. The van der Waals surface area contributed by atoms with Crippen LogP contribution in [0.4, 0.5) is 4.53 Å². The molecule has 56 valence electrons. The molecule has 2 N–H and O–H groups in total. The molecule has 0 heterocycles. The average molecular weight is 158 g/mol. The maximum Gasteiger partial charge on any atom is 0.500 e. The van der Waals surface area contributed by atoms with Crippen LogP contribution in [0.2, 0.25) is 0 Å². The van der Waals surface area contributed by atoms with Gasteiger partial charge in [0.1, 0.15) is 0 Å². The van der Waals surface area contributed by atoms with Crippen molar-refractivity contribution in [2.75, 3.05) is 0 Å². The van der Waals surface area contributed by atoms with Crippen molar-refractivity contribution in [3.63, 3.8) is 0 Å². The van der Waals surface area contributed by atoms with Crippen LogP contribution < -0.4 is 0 Å². The second-order valence-corrected chi connectivity index (χ2v) is 2.09. The van der Waals surface area contributed by atoms with Gasteiger partial charge in [-0.3, -0.25) is 0 Å². The molecule has 0 aromatic carbocycles. The van der Waals surface area contributed by atoms with E-state index in [2.05, 4.69) is 11.3 Å². The number of hydrogen-bond donors (Lipinski definition) is 2. The monoisotopic (exact) mass is 158 g/mol. The van der Waals surface area contributed by atoms with Gasteiger partial charge in [-0.25, -0.2) is 4.57 Å². The topological polar surface area (TPSA) is 66.8 Å². The Labute approximate surface area is 52.1 Å². The van der Waals surface area contributed by atoms with Crippen LogP contribution in [-0.4, -0.2) is 9.79 Å². The predicted octanol–water partition coefficient (Wildman–Crippen LogP) is 1.17. The Hall–Kier alpha value is -0.220. The third-order valence-corrected chi connectivity index (χ3v) is 0.270. The molecule has 4 nitrogen and oxygen atoms in total. The number of halogens is 1. The molecule has 0 aromatic rings. The molecule has 0 aromatic heterocycles. The fourth-order valence-electron chi connectivity index (χ4n) is 0. The minimum Gasteiger partial charge on any atom is -0.301 e. The maximum atomic E-state index is 10.2. The van der Waals surface area contributed by atoms with Crippen LogP contribution in [0.5, 0.6) is 0 Å². The van der Waals surface area contributed by atoms with Crippen LogP contribution in [0.25, 0.3) is 0 Å². The van der Waals surface area contributed by atoms with Gasteiger partial charge in [0.15, 0.2) is 0 Å². The zero-order valence-corrected chi connectivity index (χ0v) is 5.71. The maximum absolute atomic E-state index is 10.2. The molecule has 0 aliphatic carbocycles. The van der Waals surface area contributed by atoms with Gasteiger partial charge in [-0.15, -0.1) is 6.58 Å². The van der Waals surface area contributed by atoms with Crippen molar-refractivity contribution in [2.24, 2.45) is 0 Å². The van der Waals surface area contributed by atoms with Gasteiger partial charge in [-0.1, -0.05) is 10.8 Å². The quantitative estimate of drug-likeness (QED) is 0.444. The predicted molar refractivity (Wildman–Crippen MR) is 30.1 cm³/mol. The molecule has 0 radical (unpaired) electrons. The van der Waals surface area contributed by atoms with E-state index in [0.717, 1.165) is 0 Å². The minimum absolute atomic E-state index is 1.75. The van der Waals surface area contributed by atoms with Crippen molar-refractivity contribution in [1.82, 2.24) is 0 Å². The molecule has 0 atom stereocenters. The minimum atomic E-state index is -4.81. The molecule has 0 aliphatic rings. The van der Waals surface area contributed by atoms with E-state index < -0.39 is 7.82 Å². The summed E-state index contributed by atoms with van der Waals surface area (Å²) in [5, 5.41) is 0. The highest BCUT2D eigenvalue weighted by atomic mass is 31.2. The normalized spacial score (nSPS) is 9.33. The van der Waals surface area contributed by atoms with Crippen LogP contribution in [-0.2, 0) is 9.29 Å². The Morgan fingerprint density at radius 1 is 1.78 bits per heavy atom. The summed E-state index contributed by atoms with van der Waals surface area (Å²) in [5.41, 5.74) is 0. The first-order valence-corrected chi connectivity index (χ1v) is 3.44. The zero-order chi connectivity index (χ0) is 7.91. The van der Waals surface area contributed by atoms with E-state index in [4.69, 9.17) is 14.4 Å². The largest absolute Gasteiger partial charge is 0.500 e. The first kappa shape index (κ1) is 11.6. The SMILES string of the molecule is C=CC.O=P(O)(O)OF. The lowest BCUT2D eigenvalue weighted by Gasteiger charge is -1.87. The summed E-state index contributed by atoms with van der Waals surface area (Å²) in [4.78, 5) is 14.7. The standard InChI is InChI=1S/C3H6.FH2O4P/c1-3-2;1-5-6(2,3)4/h3H,1H2,2H3;(H2,2,3,4). The number of allylic oxidation sites excluding steroid dienone is 1. The van der Waals surface area contributed by atoms with Crippen LogP contribution in [0.15, 0.2) is 12.7 Å². The molecule has 6 heteroatoms. The Balaban J connectivity index is 0. The van der Waals surface area contributed by atoms with E-state index in [1.54, 1.807) is 6.08 Å². The lowest BCUT2D eigenvalue weighted by Crippen LogP contribution is -1.71. The van der Waals surface area contributed by atoms with Gasteiger partial charge in [0.05, 0.1) is 0 Å². The molecule has 0 saturated carbocycles. The summed E-state index contributed by atoms with van der Waals surface area (Å²) >= 11 is 0. The average Bonchev–Trinajstić information content (AvgIpc) is 1.67. The van der Waals surface area contributed by atoms with Crippen LogP contribution in [0.3, 0.4) is 0 Å². The van der Waals surface area contributed by atoms with Gasteiger partial charge in [0.25, 0.3) is 0 Å². The Morgan fingerprint density at radius 2 is 1.89 bits per heavy atom. The highest BCUT2D eigenvalue weighted by molar-refractivity contribution is 7.46. The van der Waals surface area contributed by atoms with Crippen molar-refractivity contribution < 1.29 is 23.6 Å². The molecule has 0 aliphatic heterocycles. The van der Waals surface area contributed by atoms with E-state index in [9.17, 15) is 4.53 Å². The fourth-order valence-corrected chi connectivity index (χ4v) is 0. The summed E-state index contributed by atoms with van der Waals surface area (Å²) < 4.78 is 21.4. The van der Waals surface area contributed by atoms with Crippen LogP contribution >= 0.6 is 7.82 Å². The third kappa shape index (κ3) is 33.6. The summed E-state index contributed by atoms with van der Waals surface area (Å²) in [5.74, 6) is 0. The van der Waals surface area contributed by atoms with Crippen molar-refractivity contribution >= 4 is 7.82 Å². The molecular weight excluding hydrogens is 150 g/mol. The van der Waals surface area contributed by atoms with E-state index in [0.29, 0.717) is 0 Å². The Morgan fingerprint density at radius 3 is 1.89 bits per heavy atom. The third-order valence-electron chi connectivity index (χ3n) is 0.0899. The van der Waals surface area contributed by atoms with Crippen molar-refractivity contribution in [2.45, 2.75) is 6.92 Å². The smallest absolute Gasteiger partial charge is 0.301 e. The summed E-state index contributed by atoms with van der Waals surface area (Å²) in [6.45, 7) is 5.25. The molecule has 0 unspecified atom stereocenters. The van der Waals surface area contributed by atoms with Gasteiger partial charge in [0, 0.05) is 0 Å². The first-order valence-electron chi connectivity index (χ1n) is 1.91. The number of phosphoric acid groups is 1. The molecule has 0 amide bonds. The van der Waals surface area contributed by atoms with Crippen molar-refractivity contribution in [1.29, 1.82) is 0 Å². The molecule has 0 fully saturated rings. The van der Waals surface area contributed by atoms with Gasteiger partial charge in [-0.05, 0) is 11.4 Å². The van der Waals surface area contributed by atoms with E-state index >= 15 is 0 Å². The lowest BCUT2D eigenvalue weighted by molar-refractivity contribution is -0.0389. The zero-order valence-electron chi connectivity index (χ0n) is 4.82. The van der Waals surface area contributed by atoms with Gasteiger partial charge < -0.3 is 9.79 Å². The number of rotatable bonds is 1. The van der Waals surface area contributed by atoms with Crippen LogP contribution in [0.1, 0.15) is 6.92 Å². The molecular formula is C3H8FO4P. The van der Waals surface area contributed by atoms with Gasteiger partial charge >= 0.3 is 7.82 Å². The molecule has 0 saturated heterocycles. The first-order chi connectivity index (χ1) is 3.97. The van der Waals surface area contributed by atoms with Crippen molar-refractivity contribution in [3.8, 4) is 0 Å². The Bertz CT molecular complexity index is 108. The van der Waals surface area contributed by atoms with E-state index in [1.807, 2.05) is 6.92 Å².